The second kappa shape index (κ2) is 6.72. The van der Waals surface area contributed by atoms with Crippen molar-refractivity contribution >= 4 is 14.3 Å². The molecule has 0 N–H and O–H groups in total. The lowest BCUT2D eigenvalue weighted by molar-refractivity contribution is -0.149. The van der Waals surface area contributed by atoms with Crippen molar-refractivity contribution < 1.29 is 14.0 Å². The molecule has 0 saturated heterocycles. The Morgan fingerprint density at radius 1 is 1.35 bits per heavy atom. The Morgan fingerprint density at radius 2 is 2.00 bits per heavy atom. The van der Waals surface area contributed by atoms with E-state index in [1.165, 1.54) is 12.7 Å². The van der Waals surface area contributed by atoms with Crippen molar-refractivity contribution in [2.45, 2.75) is 64.3 Å². The lowest BCUT2D eigenvalue weighted by Crippen LogP contribution is -2.46. The summed E-state index contributed by atoms with van der Waals surface area (Å²) in [5, 5.41) is 0.0794. The summed E-state index contributed by atoms with van der Waals surface area (Å²) in [6.45, 7) is 10.8. The van der Waals surface area contributed by atoms with Crippen molar-refractivity contribution in [2.24, 2.45) is 0 Å². The third-order valence-corrected chi connectivity index (χ3v) is 8.69. The van der Waals surface area contributed by atoms with Crippen molar-refractivity contribution in [3.63, 3.8) is 0 Å². The quantitative estimate of drug-likeness (QED) is 0.563. The Bertz CT molecular complexity index is 402. The lowest BCUT2D eigenvalue weighted by atomic mass is 10.0. The molecule has 4 heteroatoms. The number of esters is 1. The van der Waals surface area contributed by atoms with Gasteiger partial charge < -0.3 is 9.16 Å². The van der Waals surface area contributed by atoms with E-state index < -0.39 is 14.4 Å². The van der Waals surface area contributed by atoms with Crippen molar-refractivity contribution in [3.05, 3.63) is 23.8 Å². The van der Waals surface area contributed by atoms with Gasteiger partial charge in [0.05, 0.1) is 7.11 Å². The van der Waals surface area contributed by atoms with Crippen LogP contribution in [0.4, 0.5) is 0 Å². The summed E-state index contributed by atoms with van der Waals surface area (Å²) in [6, 6.07) is 0. The molecular weight excluding hydrogens is 268 g/mol. The Labute approximate surface area is 124 Å². The fourth-order valence-corrected chi connectivity index (χ4v) is 3.11. The molecule has 0 fully saturated rings. The van der Waals surface area contributed by atoms with Crippen LogP contribution in [0.1, 0.15) is 40.0 Å². The molecule has 0 radical (unpaired) electrons. The second-order valence-corrected chi connectivity index (χ2v) is 11.6. The lowest BCUT2D eigenvalue weighted by Gasteiger charge is -2.38. The fourth-order valence-electron chi connectivity index (χ4n) is 1.87. The Kier molecular flexibility index (Phi) is 5.77. The summed E-state index contributed by atoms with van der Waals surface area (Å²) >= 11 is 0. The third-order valence-electron chi connectivity index (χ3n) is 4.20. The van der Waals surface area contributed by atoms with E-state index in [-0.39, 0.29) is 11.0 Å². The van der Waals surface area contributed by atoms with Gasteiger partial charge in [-0.3, -0.25) is 0 Å². The van der Waals surface area contributed by atoms with Gasteiger partial charge in [0.2, 0.25) is 0 Å². The van der Waals surface area contributed by atoms with Crippen molar-refractivity contribution in [1.82, 2.24) is 0 Å². The molecule has 0 heterocycles. The topological polar surface area (TPSA) is 35.5 Å². The summed E-state index contributed by atoms with van der Waals surface area (Å²) in [5.74, 6) is -0.269. The average molecular weight is 296 g/mol. The third kappa shape index (κ3) is 4.60. The number of ether oxygens (including phenoxy) is 1. The number of carbonyl (C=O) groups is 1. The van der Waals surface area contributed by atoms with Gasteiger partial charge in [-0.05, 0) is 36.5 Å². The van der Waals surface area contributed by atoms with Gasteiger partial charge in [-0.2, -0.15) is 0 Å². The molecule has 1 aliphatic carbocycles. The van der Waals surface area contributed by atoms with E-state index in [0.717, 1.165) is 12.8 Å². The van der Waals surface area contributed by atoms with Gasteiger partial charge in [-0.1, -0.05) is 39.0 Å². The van der Waals surface area contributed by atoms with Crippen LogP contribution in [0.15, 0.2) is 23.8 Å². The van der Waals surface area contributed by atoms with E-state index in [0.29, 0.717) is 6.42 Å². The zero-order valence-electron chi connectivity index (χ0n) is 13.7. The predicted octanol–water partition coefficient (Wildman–Crippen LogP) is 4.22. The molecule has 0 aromatic heterocycles. The Hall–Kier alpha value is -0.873. The monoisotopic (exact) mass is 296 g/mol. The number of hydrogen-bond donors (Lipinski definition) is 0. The second-order valence-electron chi connectivity index (χ2n) is 6.85. The van der Waals surface area contributed by atoms with Crippen LogP contribution in [-0.4, -0.2) is 27.5 Å². The first-order valence-corrected chi connectivity index (χ1v) is 10.2. The van der Waals surface area contributed by atoms with Crippen molar-refractivity contribution in [2.75, 3.05) is 7.11 Å². The van der Waals surface area contributed by atoms with Crippen molar-refractivity contribution in [3.8, 4) is 0 Å². The summed E-state index contributed by atoms with van der Waals surface area (Å²) in [4.78, 5) is 12.0. The van der Waals surface area contributed by atoms with Crippen LogP contribution in [0.5, 0.6) is 0 Å². The average Bonchev–Trinajstić information content (AvgIpc) is 2.36. The number of methoxy groups -OCH3 is 1. The Morgan fingerprint density at radius 3 is 2.45 bits per heavy atom. The van der Waals surface area contributed by atoms with Gasteiger partial charge in [-0.25, -0.2) is 4.79 Å². The highest BCUT2D eigenvalue weighted by molar-refractivity contribution is 6.74. The van der Waals surface area contributed by atoms with Crippen LogP contribution >= 0.6 is 0 Å². The van der Waals surface area contributed by atoms with Gasteiger partial charge >= 0.3 is 5.97 Å². The SMILES string of the molecule is COC(=O)C(CC1=CCCC=C1)O[Si](C)(C)C(C)(C)C. The molecule has 0 saturated carbocycles. The molecule has 114 valence electrons. The van der Waals surface area contributed by atoms with E-state index in [1.54, 1.807) is 0 Å². The summed E-state index contributed by atoms with van der Waals surface area (Å²) < 4.78 is 11.2. The minimum Gasteiger partial charge on any atom is -0.467 e. The van der Waals surface area contributed by atoms with Gasteiger partial charge in [0, 0.05) is 6.42 Å². The molecule has 0 bridgehead atoms. The molecule has 20 heavy (non-hydrogen) atoms. The van der Waals surface area contributed by atoms with Gasteiger partial charge in [0.25, 0.3) is 0 Å². The number of hydrogen-bond acceptors (Lipinski definition) is 3. The molecule has 1 unspecified atom stereocenters. The molecule has 0 aromatic rings. The number of allylic oxidation sites excluding steroid dienone is 3. The van der Waals surface area contributed by atoms with Crippen molar-refractivity contribution in [1.29, 1.82) is 0 Å². The molecule has 1 aliphatic rings. The van der Waals surface area contributed by atoms with Gasteiger partial charge in [0.1, 0.15) is 6.10 Å². The van der Waals surface area contributed by atoms with Crippen LogP contribution < -0.4 is 0 Å². The smallest absolute Gasteiger partial charge is 0.334 e. The van der Waals surface area contributed by atoms with Gasteiger partial charge in [-0.15, -0.1) is 0 Å². The fraction of sp³-hybridized carbons (Fsp3) is 0.688. The van der Waals surface area contributed by atoms with Crippen LogP contribution in [0.25, 0.3) is 0 Å². The number of carbonyl (C=O) groups excluding carboxylic acids is 1. The van der Waals surface area contributed by atoms with E-state index >= 15 is 0 Å². The molecule has 3 nitrogen and oxygen atoms in total. The summed E-state index contributed by atoms with van der Waals surface area (Å²) in [5.41, 5.74) is 1.17. The minimum absolute atomic E-state index is 0.0794. The van der Waals surface area contributed by atoms with Crippen LogP contribution in [0, 0.1) is 0 Å². The van der Waals surface area contributed by atoms with E-state index in [2.05, 4.69) is 52.1 Å². The van der Waals surface area contributed by atoms with Crippen LogP contribution in [-0.2, 0) is 14.0 Å². The summed E-state index contributed by atoms with van der Waals surface area (Å²) in [7, 11) is -0.558. The van der Waals surface area contributed by atoms with E-state index in [1.807, 2.05) is 0 Å². The highest BCUT2D eigenvalue weighted by Crippen LogP contribution is 2.38. The van der Waals surface area contributed by atoms with E-state index in [9.17, 15) is 4.79 Å². The molecular formula is C16H28O3Si. The summed E-state index contributed by atoms with van der Waals surface area (Å²) in [6.07, 6.45) is 8.66. The highest BCUT2D eigenvalue weighted by atomic mass is 28.4. The highest BCUT2D eigenvalue weighted by Gasteiger charge is 2.41. The van der Waals surface area contributed by atoms with Crippen LogP contribution in [0.2, 0.25) is 18.1 Å². The largest absolute Gasteiger partial charge is 0.467 e. The molecule has 1 atom stereocenters. The maximum absolute atomic E-state index is 12.0. The standard InChI is InChI=1S/C16H28O3Si/c1-16(2,3)20(5,6)19-14(15(17)18-4)12-13-10-8-7-9-11-13/h8,10-11,14H,7,9,12H2,1-6H3. The van der Waals surface area contributed by atoms with E-state index in [4.69, 9.17) is 9.16 Å². The first kappa shape index (κ1) is 17.2. The van der Waals surface area contributed by atoms with Gasteiger partial charge in [0.15, 0.2) is 8.32 Å². The Balaban J connectivity index is 2.82. The predicted molar refractivity (Wildman–Crippen MR) is 85.2 cm³/mol. The maximum Gasteiger partial charge on any atom is 0.334 e. The normalized spacial score (nSPS) is 17.6. The molecule has 1 rings (SSSR count). The molecule has 0 amide bonds. The number of rotatable bonds is 5. The first-order chi connectivity index (χ1) is 9.17. The maximum atomic E-state index is 12.0. The minimum atomic E-state index is -1.98. The first-order valence-electron chi connectivity index (χ1n) is 7.28. The van der Waals surface area contributed by atoms with Crippen LogP contribution in [0.3, 0.4) is 0 Å². The zero-order chi connectivity index (χ0) is 15.4. The molecule has 0 aliphatic heterocycles. The zero-order valence-corrected chi connectivity index (χ0v) is 14.7. The molecule has 0 spiro atoms. The molecule has 0 aromatic carbocycles.